The van der Waals surface area contributed by atoms with Crippen LogP contribution in [0.2, 0.25) is 0 Å². The highest BCUT2D eigenvalue weighted by atomic mass is 79.9. The molecule has 0 fully saturated rings. The van der Waals surface area contributed by atoms with Crippen LogP contribution in [0.25, 0.3) is 0 Å². The van der Waals surface area contributed by atoms with Gasteiger partial charge in [-0.25, -0.2) is 4.90 Å². The highest BCUT2D eigenvalue weighted by Gasteiger charge is 2.37. The number of nitrogens with two attached hydrogens (primary N) is 1. The van der Waals surface area contributed by atoms with Gasteiger partial charge in [-0.15, -0.1) is 0 Å². The predicted octanol–water partition coefficient (Wildman–Crippen LogP) is 5.88. The molecule has 8 heteroatoms. The molecule has 1 aliphatic rings. The van der Waals surface area contributed by atoms with Crippen LogP contribution in [0, 0.1) is 0 Å². The largest absolute Gasteiger partial charge is 0.457 e. The van der Waals surface area contributed by atoms with E-state index in [1.165, 1.54) is 6.07 Å². The monoisotopic (exact) mass is 527 g/mol. The van der Waals surface area contributed by atoms with Crippen molar-refractivity contribution in [3.63, 3.8) is 0 Å². The predicted molar refractivity (Wildman–Crippen MR) is 137 cm³/mol. The maximum Gasteiger partial charge on any atom is 0.266 e. The molecule has 35 heavy (non-hydrogen) atoms. The topological polar surface area (TPSA) is 102 Å². The number of benzene rings is 4. The van der Waals surface area contributed by atoms with Crippen molar-refractivity contribution in [3.8, 4) is 11.5 Å². The molecule has 0 atom stereocenters. The molecule has 0 bridgehead atoms. The molecule has 5 rings (SSSR count). The van der Waals surface area contributed by atoms with E-state index in [0.29, 0.717) is 34.1 Å². The molecule has 0 spiro atoms. The van der Waals surface area contributed by atoms with Crippen LogP contribution in [0.15, 0.2) is 95.5 Å². The number of rotatable bonds is 5. The fourth-order valence-electron chi connectivity index (χ4n) is 3.69. The highest BCUT2D eigenvalue weighted by Crippen LogP contribution is 2.32. The minimum absolute atomic E-state index is 0.222. The Labute approximate surface area is 209 Å². The number of hydrogen-bond acceptors (Lipinski definition) is 5. The van der Waals surface area contributed by atoms with Crippen LogP contribution in [-0.4, -0.2) is 17.7 Å². The summed E-state index contributed by atoms with van der Waals surface area (Å²) in [5.74, 6) is -0.00586. The van der Waals surface area contributed by atoms with Crippen molar-refractivity contribution in [2.75, 3.05) is 16.0 Å². The van der Waals surface area contributed by atoms with Crippen LogP contribution in [0.5, 0.6) is 11.5 Å². The van der Waals surface area contributed by atoms with E-state index in [0.717, 1.165) is 9.37 Å². The standard InChI is InChI=1S/C27H18BrN3O4/c28-17-3-10-21(11-4-17)35-22-12-8-20(9-13-22)31-26(33)23-14-7-19(15-24(23)27(31)34)30-25(32)16-1-5-18(29)6-2-16/h1-15H,29H2,(H,30,32). The van der Waals surface area contributed by atoms with Gasteiger partial charge in [0.05, 0.1) is 16.8 Å². The Kier molecular flexibility index (Phi) is 5.80. The van der Waals surface area contributed by atoms with E-state index in [1.807, 2.05) is 24.3 Å². The summed E-state index contributed by atoms with van der Waals surface area (Å²) in [6.07, 6.45) is 0. The average Bonchev–Trinajstić information content (AvgIpc) is 3.11. The van der Waals surface area contributed by atoms with Crippen molar-refractivity contribution in [1.82, 2.24) is 0 Å². The number of imide groups is 1. The normalized spacial score (nSPS) is 12.4. The summed E-state index contributed by atoms with van der Waals surface area (Å²) >= 11 is 3.38. The number of carbonyl (C=O) groups is 3. The first-order valence-electron chi connectivity index (χ1n) is 10.6. The quantitative estimate of drug-likeness (QED) is 0.249. The zero-order valence-electron chi connectivity index (χ0n) is 18.2. The van der Waals surface area contributed by atoms with E-state index < -0.39 is 11.8 Å². The van der Waals surface area contributed by atoms with Gasteiger partial charge in [-0.05, 0) is 91.0 Å². The van der Waals surface area contributed by atoms with Gasteiger partial charge in [-0.3, -0.25) is 14.4 Å². The molecule has 1 aliphatic heterocycles. The summed E-state index contributed by atoms with van der Waals surface area (Å²) < 4.78 is 6.75. The molecule has 4 aromatic rings. The van der Waals surface area contributed by atoms with E-state index in [-0.39, 0.29) is 17.0 Å². The molecule has 0 aromatic heterocycles. The molecule has 0 saturated carbocycles. The third kappa shape index (κ3) is 4.51. The van der Waals surface area contributed by atoms with Gasteiger partial charge in [0.15, 0.2) is 0 Å². The maximum absolute atomic E-state index is 13.1. The molecule has 172 valence electrons. The van der Waals surface area contributed by atoms with Crippen molar-refractivity contribution in [2.24, 2.45) is 0 Å². The Hall–Kier alpha value is -4.43. The number of amides is 3. The first-order chi connectivity index (χ1) is 16.9. The van der Waals surface area contributed by atoms with Crippen LogP contribution in [0.1, 0.15) is 31.1 Å². The van der Waals surface area contributed by atoms with Crippen LogP contribution >= 0.6 is 15.9 Å². The summed E-state index contributed by atoms with van der Waals surface area (Å²) in [5.41, 5.74) is 7.97. The first-order valence-corrected chi connectivity index (χ1v) is 11.4. The second kappa shape index (κ2) is 9.08. The second-order valence-corrected chi connectivity index (χ2v) is 8.75. The van der Waals surface area contributed by atoms with E-state index in [9.17, 15) is 14.4 Å². The molecule has 0 radical (unpaired) electrons. The number of carbonyl (C=O) groups excluding carboxylic acids is 3. The van der Waals surface area contributed by atoms with Gasteiger partial charge in [-0.2, -0.15) is 0 Å². The van der Waals surface area contributed by atoms with Gasteiger partial charge < -0.3 is 15.8 Å². The van der Waals surface area contributed by atoms with Crippen molar-refractivity contribution in [1.29, 1.82) is 0 Å². The summed E-state index contributed by atoms with van der Waals surface area (Å²) in [6, 6.07) is 25.2. The Bertz CT molecular complexity index is 1450. The molecule has 0 unspecified atom stereocenters. The lowest BCUT2D eigenvalue weighted by Gasteiger charge is -2.14. The van der Waals surface area contributed by atoms with Crippen molar-refractivity contribution < 1.29 is 19.1 Å². The van der Waals surface area contributed by atoms with Crippen LogP contribution in [0.4, 0.5) is 17.1 Å². The van der Waals surface area contributed by atoms with Crippen molar-refractivity contribution >= 4 is 50.7 Å². The van der Waals surface area contributed by atoms with Gasteiger partial charge in [0.2, 0.25) is 0 Å². The Morgan fingerprint density at radius 1 is 0.771 bits per heavy atom. The van der Waals surface area contributed by atoms with E-state index in [4.69, 9.17) is 10.5 Å². The Morgan fingerprint density at radius 2 is 1.37 bits per heavy atom. The molecular formula is C27H18BrN3O4. The molecular weight excluding hydrogens is 510 g/mol. The van der Waals surface area contributed by atoms with E-state index in [1.54, 1.807) is 60.7 Å². The zero-order chi connectivity index (χ0) is 24.5. The molecule has 1 heterocycles. The number of anilines is 3. The lowest BCUT2D eigenvalue weighted by Crippen LogP contribution is -2.29. The van der Waals surface area contributed by atoms with Crippen molar-refractivity contribution in [2.45, 2.75) is 0 Å². The Morgan fingerprint density at radius 3 is 2.03 bits per heavy atom. The van der Waals surface area contributed by atoms with Crippen LogP contribution in [-0.2, 0) is 0 Å². The fourth-order valence-corrected chi connectivity index (χ4v) is 3.96. The fraction of sp³-hybridized carbons (Fsp3) is 0. The SMILES string of the molecule is Nc1ccc(C(=O)Nc2ccc3c(c2)C(=O)N(c2ccc(Oc4ccc(Br)cc4)cc2)C3=O)cc1. The number of nitrogen functional groups attached to an aromatic ring is 1. The minimum atomic E-state index is -0.463. The molecule has 7 nitrogen and oxygen atoms in total. The average molecular weight is 528 g/mol. The molecule has 0 aliphatic carbocycles. The third-order valence-corrected chi connectivity index (χ3v) is 5.99. The summed E-state index contributed by atoms with van der Waals surface area (Å²) in [7, 11) is 0. The lowest BCUT2D eigenvalue weighted by molar-refractivity contribution is 0.0924. The summed E-state index contributed by atoms with van der Waals surface area (Å²) in [5, 5.41) is 2.75. The first kappa shape index (κ1) is 22.4. The number of hydrogen-bond donors (Lipinski definition) is 2. The van der Waals surface area contributed by atoms with Crippen LogP contribution < -0.4 is 20.7 Å². The number of halogens is 1. The van der Waals surface area contributed by atoms with Gasteiger partial charge in [-0.1, -0.05) is 15.9 Å². The number of ether oxygens (including phenoxy) is 1. The maximum atomic E-state index is 13.1. The van der Waals surface area contributed by atoms with Crippen molar-refractivity contribution in [3.05, 3.63) is 112 Å². The number of nitrogens with zero attached hydrogens (tertiary/aromatic N) is 1. The summed E-state index contributed by atoms with van der Waals surface area (Å²) in [6.45, 7) is 0. The minimum Gasteiger partial charge on any atom is -0.457 e. The zero-order valence-corrected chi connectivity index (χ0v) is 19.8. The smallest absolute Gasteiger partial charge is 0.266 e. The number of nitrogens with one attached hydrogen (secondary N) is 1. The van der Waals surface area contributed by atoms with Gasteiger partial charge in [0.25, 0.3) is 17.7 Å². The van der Waals surface area contributed by atoms with Gasteiger partial charge >= 0.3 is 0 Å². The number of fused-ring (bicyclic) bond motifs is 1. The van der Waals surface area contributed by atoms with Crippen LogP contribution in [0.3, 0.4) is 0 Å². The molecule has 3 amide bonds. The molecule has 3 N–H and O–H groups in total. The van der Waals surface area contributed by atoms with Gasteiger partial charge in [0.1, 0.15) is 11.5 Å². The van der Waals surface area contributed by atoms with E-state index >= 15 is 0 Å². The lowest BCUT2D eigenvalue weighted by atomic mass is 10.1. The third-order valence-electron chi connectivity index (χ3n) is 5.46. The Balaban J connectivity index is 1.33. The van der Waals surface area contributed by atoms with Gasteiger partial charge in [0, 0.05) is 21.4 Å². The highest BCUT2D eigenvalue weighted by molar-refractivity contribution is 9.10. The molecule has 0 saturated heterocycles. The summed E-state index contributed by atoms with van der Waals surface area (Å²) in [4.78, 5) is 39.7. The molecule has 4 aromatic carbocycles. The second-order valence-electron chi connectivity index (χ2n) is 7.83. The van der Waals surface area contributed by atoms with E-state index in [2.05, 4.69) is 21.2 Å².